The standard InChI is InChI=1S/C8H19N2/c1-10(2,3)7-8-4-5-9-6-8/h8-9H,4-7H2,1-3H3/q+1. The molecule has 0 saturated carbocycles. The van der Waals surface area contributed by atoms with E-state index >= 15 is 0 Å². The number of quaternary nitrogens is 1. The normalized spacial score (nSPS) is 27.3. The summed E-state index contributed by atoms with van der Waals surface area (Å²) in [5, 5.41) is 3.38. The highest BCUT2D eigenvalue weighted by Gasteiger charge is 2.20. The van der Waals surface area contributed by atoms with Crippen LogP contribution in [0.2, 0.25) is 0 Å². The van der Waals surface area contributed by atoms with E-state index in [1.165, 1.54) is 26.1 Å². The molecule has 1 atom stereocenters. The molecule has 1 fully saturated rings. The minimum absolute atomic E-state index is 0.917. The molecule has 60 valence electrons. The summed E-state index contributed by atoms with van der Waals surface area (Å²) >= 11 is 0. The molecule has 1 aliphatic heterocycles. The van der Waals surface area contributed by atoms with Crippen LogP contribution in [0.3, 0.4) is 0 Å². The smallest absolute Gasteiger partial charge is 0.0821 e. The van der Waals surface area contributed by atoms with Gasteiger partial charge >= 0.3 is 0 Å². The predicted octanol–water partition coefficient (Wildman–Crippen LogP) is 0.302. The molecule has 0 aromatic carbocycles. The Hall–Kier alpha value is -0.0800. The second kappa shape index (κ2) is 2.89. The van der Waals surface area contributed by atoms with Crippen molar-refractivity contribution in [2.24, 2.45) is 5.92 Å². The second-order valence-electron chi connectivity index (χ2n) is 4.33. The monoisotopic (exact) mass is 143 g/mol. The van der Waals surface area contributed by atoms with Crippen LogP contribution in [-0.2, 0) is 0 Å². The van der Waals surface area contributed by atoms with Crippen LogP contribution < -0.4 is 5.32 Å². The Labute approximate surface area is 63.8 Å². The first-order valence-electron chi connectivity index (χ1n) is 4.09. The lowest BCUT2D eigenvalue weighted by molar-refractivity contribution is -0.873. The maximum absolute atomic E-state index is 3.38. The van der Waals surface area contributed by atoms with Crippen molar-refractivity contribution in [2.45, 2.75) is 6.42 Å². The van der Waals surface area contributed by atoms with Crippen molar-refractivity contribution in [1.29, 1.82) is 0 Å². The zero-order valence-corrected chi connectivity index (χ0v) is 7.35. The summed E-state index contributed by atoms with van der Waals surface area (Å²) in [6.07, 6.45) is 1.37. The van der Waals surface area contributed by atoms with Crippen LogP contribution in [0.4, 0.5) is 0 Å². The fourth-order valence-electron chi connectivity index (χ4n) is 1.64. The quantitative estimate of drug-likeness (QED) is 0.548. The van der Waals surface area contributed by atoms with Crippen molar-refractivity contribution < 1.29 is 4.48 Å². The fourth-order valence-corrected chi connectivity index (χ4v) is 1.64. The van der Waals surface area contributed by atoms with Crippen molar-refractivity contribution in [2.75, 3.05) is 40.8 Å². The Morgan fingerprint density at radius 3 is 2.50 bits per heavy atom. The molecule has 0 aromatic heterocycles. The average molecular weight is 143 g/mol. The number of rotatable bonds is 2. The Morgan fingerprint density at radius 2 is 2.10 bits per heavy atom. The molecule has 1 aliphatic rings. The predicted molar refractivity (Wildman–Crippen MR) is 43.9 cm³/mol. The lowest BCUT2D eigenvalue weighted by Gasteiger charge is -2.26. The summed E-state index contributed by atoms with van der Waals surface area (Å²) in [6.45, 7) is 3.77. The van der Waals surface area contributed by atoms with Crippen LogP contribution in [-0.4, -0.2) is 45.3 Å². The van der Waals surface area contributed by atoms with Crippen LogP contribution in [0.1, 0.15) is 6.42 Å². The Bertz CT molecular complexity index is 98.3. The molecule has 0 aromatic rings. The van der Waals surface area contributed by atoms with Gasteiger partial charge in [-0.15, -0.1) is 0 Å². The number of hydrogen-bond acceptors (Lipinski definition) is 1. The van der Waals surface area contributed by atoms with Gasteiger partial charge in [0.2, 0.25) is 0 Å². The van der Waals surface area contributed by atoms with Crippen molar-refractivity contribution in [3.8, 4) is 0 Å². The molecule has 0 bridgehead atoms. The van der Waals surface area contributed by atoms with Crippen molar-refractivity contribution in [3.05, 3.63) is 0 Å². The summed E-state index contributed by atoms with van der Waals surface area (Å²) in [4.78, 5) is 0. The summed E-state index contributed by atoms with van der Waals surface area (Å²) in [7, 11) is 6.79. The maximum atomic E-state index is 3.38. The highest BCUT2D eigenvalue weighted by molar-refractivity contribution is 4.69. The number of hydrogen-bond donors (Lipinski definition) is 1. The van der Waals surface area contributed by atoms with E-state index in [1.807, 2.05) is 0 Å². The van der Waals surface area contributed by atoms with Crippen LogP contribution >= 0.6 is 0 Å². The SMILES string of the molecule is C[N+](C)(C)CC1CCNC1. The molecule has 2 nitrogen and oxygen atoms in total. The third-order valence-corrected chi connectivity index (χ3v) is 1.97. The van der Waals surface area contributed by atoms with Crippen LogP contribution in [0.15, 0.2) is 0 Å². The van der Waals surface area contributed by atoms with E-state index in [2.05, 4.69) is 26.5 Å². The summed E-state index contributed by atoms with van der Waals surface area (Å²) in [6, 6.07) is 0. The maximum Gasteiger partial charge on any atom is 0.0821 e. The summed E-state index contributed by atoms with van der Waals surface area (Å²) in [5.74, 6) is 0.917. The van der Waals surface area contributed by atoms with Gasteiger partial charge in [-0.25, -0.2) is 0 Å². The zero-order valence-electron chi connectivity index (χ0n) is 7.35. The molecule has 0 spiro atoms. The first kappa shape index (κ1) is 8.02. The molecule has 0 radical (unpaired) electrons. The van der Waals surface area contributed by atoms with Crippen LogP contribution in [0.5, 0.6) is 0 Å². The Kier molecular flexibility index (Phi) is 2.32. The van der Waals surface area contributed by atoms with Gasteiger partial charge in [0.05, 0.1) is 27.7 Å². The van der Waals surface area contributed by atoms with Gasteiger partial charge in [-0.1, -0.05) is 0 Å². The van der Waals surface area contributed by atoms with Gasteiger partial charge in [-0.05, 0) is 13.0 Å². The van der Waals surface area contributed by atoms with Crippen molar-refractivity contribution in [1.82, 2.24) is 5.32 Å². The lowest BCUT2D eigenvalue weighted by atomic mass is 10.1. The van der Waals surface area contributed by atoms with Crippen LogP contribution in [0.25, 0.3) is 0 Å². The molecule has 0 amide bonds. The molecule has 1 unspecified atom stereocenters. The number of nitrogens with zero attached hydrogens (tertiary/aromatic N) is 1. The highest BCUT2D eigenvalue weighted by atomic mass is 15.3. The second-order valence-corrected chi connectivity index (χ2v) is 4.33. The van der Waals surface area contributed by atoms with E-state index in [-0.39, 0.29) is 0 Å². The molecular formula is C8H19N2+. The lowest BCUT2D eigenvalue weighted by Crippen LogP contribution is -2.39. The fraction of sp³-hybridized carbons (Fsp3) is 1.00. The third kappa shape index (κ3) is 2.67. The molecule has 2 heteroatoms. The first-order chi connectivity index (χ1) is 4.58. The molecule has 1 rings (SSSR count). The van der Waals surface area contributed by atoms with Gasteiger partial charge < -0.3 is 9.80 Å². The van der Waals surface area contributed by atoms with Crippen molar-refractivity contribution in [3.63, 3.8) is 0 Å². The van der Waals surface area contributed by atoms with Gasteiger partial charge in [-0.3, -0.25) is 0 Å². The Balaban J connectivity index is 2.24. The van der Waals surface area contributed by atoms with Gasteiger partial charge in [-0.2, -0.15) is 0 Å². The highest BCUT2D eigenvalue weighted by Crippen LogP contribution is 2.10. The number of nitrogens with one attached hydrogen (secondary N) is 1. The van der Waals surface area contributed by atoms with Crippen molar-refractivity contribution >= 4 is 0 Å². The third-order valence-electron chi connectivity index (χ3n) is 1.97. The van der Waals surface area contributed by atoms with Gasteiger partial charge in [0, 0.05) is 12.5 Å². The largest absolute Gasteiger partial charge is 0.331 e. The van der Waals surface area contributed by atoms with Gasteiger partial charge in [0.1, 0.15) is 0 Å². The van der Waals surface area contributed by atoms with E-state index in [0.29, 0.717) is 0 Å². The molecule has 1 heterocycles. The van der Waals surface area contributed by atoms with Gasteiger partial charge in [0.25, 0.3) is 0 Å². The summed E-state index contributed by atoms with van der Waals surface area (Å²) < 4.78 is 1.10. The summed E-state index contributed by atoms with van der Waals surface area (Å²) in [5.41, 5.74) is 0. The van der Waals surface area contributed by atoms with E-state index < -0.39 is 0 Å². The Morgan fingerprint density at radius 1 is 1.40 bits per heavy atom. The van der Waals surface area contributed by atoms with Gasteiger partial charge in [0.15, 0.2) is 0 Å². The molecule has 10 heavy (non-hydrogen) atoms. The van der Waals surface area contributed by atoms with E-state index in [4.69, 9.17) is 0 Å². The molecular weight excluding hydrogens is 124 g/mol. The minimum atomic E-state index is 0.917. The topological polar surface area (TPSA) is 12.0 Å². The average Bonchev–Trinajstić information content (AvgIpc) is 2.12. The zero-order chi connectivity index (χ0) is 7.61. The minimum Gasteiger partial charge on any atom is -0.331 e. The van der Waals surface area contributed by atoms with E-state index in [1.54, 1.807) is 0 Å². The van der Waals surface area contributed by atoms with E-state index in [0.717, 1.165) is 10.4 Å². The molecule has 1 N–H and O–H groups in total. The van der Waals surface area contributed by atoms with E-state index in [9.17, 15) is 0 Å². The first-order valence-corrected chi connectivity index (χ1v) is 4.09. The molecule has 1 saturated heterocycles. The van der Waals surface area contributed by atoms with Crippen LogP contribution in [0, 0.1) is 5.92 Å². The molecule has 0 aliphatic carbocycles.